The molecule has 1 aromatic carbocycles. The van der Waals surface area contributed by atoms with E-state index in [0.717, 1.165) is 18.2 Å². The maximum Gasteiger partial charge on any atom is 0.308 e. The molecule has 0 saturated heterocycles. The van der Waals surface area contributed by atoms with E-state index < -0.39 is 30.4 Å². The second-order valence-electron chi connectivity index (χ2n) is 3.72. The first-order valence-electron chi connectivity index (χ1n) is 5.45. The number of rotatable bonds is 5. The Morgan fingerprint density at radius 2 is 2.11 bits per heavy atom. The zero-order valence-corrected chi connectivity index (χ0v) is 9.84. The van der Waals surface area contributed by atoms with Gasteiger partial charge in [0, 0.05) is 5.56 Å². The Morgan fingerprint density at radius 3 is 2.72 bits per heavy atom. The molecule has 0 aliphatic carbocycles. The maximum atomic E-state index is 13.0. The van der Waals surface area contributed by atoms with Crippen LogP contribution in [0, 0.1) is 5.82 Å². The van der Waals surface area contributed by atoms with Crippen molar-refractivity contribution >= 4 is 5.97 Å². The number of aliphatic hydroxyl groups excluding tert-OH is 2. The van der Waals surface area contributed by atoms with E-state index >= 15 is 0 Å². The van der Waals surface area contributed by atoms with Gasteiger partial charge in [-0.1, -0.05) is 0 Å². The molecule has 0 heterocycles. The van der Waals surface area contributed by atoms with Crippen LogP contribution >= 0.6 is 0 Å². The smallest absolute Gasteiger partial charge is 0.308 e. The summed E-state index contributed by atoms with van der Waals surface area (Å²) in [6.07, 6.45) is -3.48. The summed E-state index contributed by atoms with van der Waals surface area (Å²) < 4.78 is 17.6. The molecule has 0 radical (unpaired) electrons. The number of phenols is 1. The number of halogens is 1. The summed E-state index contributed by atoms with van der Waals surface area (Å²) in [6, 6.07) is 2.97. The lowest BCUT2D eigenvalue weighted by Gasteiger charge is -2.18. The molecule has 0 fully saturated rings. The molecule has 0 aromatic heterocycles. The third-order valence-electron chi connectivity index (χ3n) is 2.35. The lowest BCUT2D eigenvalue weighted by atomic mass is 10.0. The summed E-state index contributed by atoms with van der Waals surface area (Å²) in [4.78, 5) is 11.1. The van der Waals surface area contributed by atoms with Crippen molar-refractivity contribution in [2.75, 3.05) is 6.61 Å². The zero-order chi connectivity index (χ0) is 13.7. The van der Waals surface area contributed by atoms with Crippen LogP contribution in [-0.2, 0) is 9.53 Å². The fourth-order valence-electron chi connectivity index (χ4n) is 1.47. The van der Waals surface area contributed by atoms with E-state index in [2.05, 4.69) is 4.74 Å². The number of benzene rings is 1. The van der Waals surface area contributed by atoms with Crippen molar-refractivity contribution in [1.82, 2.24) is 0 Å². The van der Waals surface area contributed by atoms with Gasteiger partial charge in [0.15, 0.2) is 0 Å². The van der Waals surface area contributed by atoms with Crippen LogP contribution in [0.5, 0.6) is 5.75 Å². The number of esters is 1. The molecule has 100 valence electrons. The van der Waals surface area contributed by atoms with Gasteiger partial charge in [-0.05, 0) is 25.1 Å². The normalized spacial score (nSPS) is 14.0. The van der Waals surface area contributed by atoms with E-state index in [4.69, 9.17) is 0 Å². The average Bonchev–Trinajstić information content (AvgIpc) is 2.31. The standard InChI is InChI=1S/C12H15FO5/c1-2-18-11(16)6-10(15)12(17)8-5-7(13)3-4-9(8)14/h3-5,10,12,14-15,17H,2,6H2,1H3. The van der Waals surface area contributed by atoms with Crippen molar-refractivity contribution in [3.63, 3.8) is 0 Å². The van der Waals surface area contributed by atoms with Crippen molar-refractivity contribution in [3.05, 3.63) is 29.6 Å². The molecule has 2 atom stereocenters. The van der Waals surface area contributed by atoms with Crippen LogP contribution in [-0.4, -0.2) is 34.0 Å². The van der Waals surface area contributed by atoms with Crippen molar-refractivity contribution < 1.29 is 29.2 Å². The molecule has 1 rings (SSSR count). The fraction of sp³-hybridized carbons (Fsp3) is 0.417. The summed E-state index contributed by atoms with van der Waals surface area (Å²) in [5, 5.41) is 28.8. The highest BCUT2D eigenvalue weighted by molar-refractivity contribution is 5.70. The molecule has 0 aliphatic heterocycles. The van der Waals surface area contributed by atoms with E-state index in [1.165, 1.54) is 0 Å². The minimum atomic E-state index is -1.56. The lowest BCUT2D eigenvalue weighted by Crippen LogP contribution is -2.23. The van der Waals surface area contributed by atoms with E-state index in [1.807, 2.05) is 0 Å². The van der Waals surface area contributed by atoms with Gasteiger partial charge in [-0.2, -0.15) is 0 Å². The number of hydrogen-bond acceptors (Lipinski definition) is 5. The molecule has 0 aliphatic rings. The Kier molecular flexibility index (Phi) is 5.06. The maximum absolute atomic E-state index is 13.0. The molecule has 18 heavy (non-hydrogen) atoms. The summed E-state index contributed by atoms with van der Waals surface area (Å²) in [5.41, 5.74) is -0.174. The third-order valence-corrected chi connectivity index (χ3v) is 2.35. The van der Waals surface area contributed by atoms with Gasteiger partial charge in [0.2, 0.25) is 0 Å². The number of aromatic hydroxyl groups is 1. The number of aliphatic hydroxyl groups is 2. The van der Waals surface area contributed by atoms with Crippen molar-refractivity contribution in [1.29, 1.82) is 0 Å². The van der Waals surface area contributed by atoms with Crippen LogP contribution in [0.15, 0.2) is 18.2 Å². The van der Waals surface area contributed by atoms with E-state index in [-0.39, 0.29) is 17.9 Å². The highest BCUT2D eigenvalue weighted by Gasteiger charge is 2.24. The minimum absolute atomic E-state index is 0.160. The van der Waals surface area contributed by atoms with E-state index in [9.17, 15) is 24.5 Å². The number of hydrogen-bond donors (Lipinski definition) is 3. The molecule has 1 aromatic rings. The number of carbonyl (C=O) groups excluding carboxylic acids is 1. The third kappa shape index (κ3) is 3.68. The van der Waals surface area contributed by atoms with Crippen LogP contribution < -0.4 is 0 Å². The van der Waals surface area contributed by atoms with Gasteiger partial charge in [-0.3, -0.25) is 4.79 Å². The average molecular weight is 258 g/mol. The second-order valence-corrected chi connectivity index (χ2v) is 3.72. The van der Waals surface area contributed by atoms with Gasteiger partial charge in [0.05, 0.1) is 19.1 Å². The van der Waals surface area contributed by atoms with Gasteiger partial charge in [-0.25, -0.2) is 4.39 Å². The fourth-order valence-corrected chi connectivity index (χ4v) is 1.47. The van der Waals surface area contributed by atoms with Crippen molar-refractivity contribution in [2.45, 2.75) is 25.6 Å². The van der Waals surface area contributed by atoms with Gasteiger partial charge >= 0.3 is 5.97 Å². The molecule has 2 unspecified atom stereocenters. The Bertz CT molecular complexity index is 421. The zero-order valence-electron chi connectivity index (χ0n) is 9.84. The second kappa shape index (κ2) is 6.32. The molecule has 0 bridgehead atoms. The predicted molar refractivity (Wildman–Crippen MR) is 60.3 cm³/mol. The van der Waals surface area contributed by atoms with Gasteiger partial charge in [0.25, 0.3) is 0 Å². The van der Waals surface area contributed by atoms with Crippen LogP contribution in [0.25, 0.3) is 0 Å². The van der Waals surface area contributed by atoms with Crippen molar-refractivity contribution in [3.8, 4) is 5.75 Å². The van der Waals surface area contributed by atoms with Crippen LogP contribution in [0.1, 0.15) is 25.0 Å². The predicted octanol–water partition coefficient (Wildman–Crippen LogP) is 0.879. The van der Waals surface area contributed by atoms with Crippen LogP contribution in [0.4, 0.5) is 4.39 Å². The van der Waals surface area contributed by atoms with Crippen LogP contribution in [0.2, 0.25) is 0 Å². The highest BCUT2D eigenvalue weighted by atomic mass is 19.1. The summed E-state index contributed by atoms with van der Waals surface area (Å²) in [5.74, 6) is -1.70. The molecule has 5 nitrogen and oxygen atoms in total. The lowest BCUT2D eigenvalue weighted by molar-refractivity contribution is -0.147. The Labute approximate surface area is 103 Å². The molecule has 6 heteroatoms. The minimum Gasteiger partial charge on any atom is -0.508 e. The molecule has 0 spiro atoms. The van der Waals surface area contributed by atoms with Crippen molar-refractivity contribution in [2.24, 2.45) is 0 Å². The Morgan fingerprint density at radius 1 is 1.44 bits per heavy atom. The molecule has 0 saturated carbocycles. The van der Waals surface area contributed by atoms with E-state index in [1.54, 1.807) is 6.92 Å². The van der Waals surface area contributed by atoms with Crippen LogP contribution in [0.3, 0.4) is 0 Å². The first-order valence-corrected chi connectivity index (χ1v) is 5.45. The molecular weight excluding hydrogens is 243 g/mol. The molecule has 0 amide bonds. The van der Waals surface area contributed by atoms with Gasteiger partial charge < -0.3 is 20.1 Å². The topological polar surface area (TPSA) is 87.0 Å². The number of ether oxygens (including phenoxy) is 1. The highest BCUT2D eigenvalue weighted by Crippen LogP contribution is 2.28. The number of carbonyl (C=O) groups is 1. The SMILES string of the molecule is CCOC(=O)CC(O)C(O)c1cc(F)ccc1O. The number of phenolic OH excluding ortho intramolecular Hbond substituents is 1. The summed E-state index contributed by atoms with van der Waals surface area (Å²) in [7, 11) is 0. The Balaban J connectivity index is 2.76. The van der Waals surface area contributed by atoms with E-state index in [0.29, 0.717) is 0 Å². The monoisotopic (exact) mass is 258 g/mol. The first kappa shape index (κ1) is 14.4. The largest absolute Gasteiger partial charge is 0.508 e. The summed E-state index contributed by atoms with van der Waals surface area (Å²) in [6.45, 7) is 1.77. The first-order chi connectivity index (χ1) is 8.45. The van der Waals surface area contributed by atoms with Gasteiger partial charge in [0.1, 0.15) is 17.7 Å². The molecule has 3 N–H and O–H groups in total. The summed E-state index contributed by atoms with van der Waals surface area (Å²) >= 11 is 0. The Hall–Kier alpha value is -1.66. The quantitative estimate of drug-likeness (QED) is 0.682. The molecular formula is C12H15FO5. The van der Waals surface area contributed by atoms with Gasteiger partial charge in [-0.15, -0.1) is 0 Å².